The number of rotatable bonds is 21. The van der Waals surface area contributed by atoms with Gasteiger partial charge in [0.2, 0.25) is 23.6 Å². The van der Waals surface area contributed by atoms with Gasteiger partial charge in [-0.05, 0) is 64.7 Å². The fourth-order valence-corrected chi connectivity index (χ4v) is 4.72. The van der Waals surface area contributed by atoms with Crippen LogP contribution in [0.15, 0.2) is 4.99 Å². The Labute approximate surface area is 308 Å². The largest absolute Gasteiger partial charge is 0.480 e. The molecule has 0 bridgehead atoms. The summed E-state index contributed by atoms with van der Waals surface area (Å²) in [4.78, 5) is 82.4. The fraction of sp³-hybridized carbons (Fsp3) is 0.794. The number of nitrogens with zero attached hydrogens (tertiary/aromatic N) is 1. The Morgan fingerprint density at radius 1 is 0.750 bits per heavy atom. The van der Waals surface area contributed by atoms with Gasteiger partial charge in [-0.1, -0.05) is 55.4 Å². The Bertz CT molecular complexity index is 1200. The summed E-state index contributed by atoms with van der Waals surface area (Å²) in [5, 5.41) is 42.6. The number of aliphatic hydroxyl groups excluding tert-OH is 2. The molecule has 0 saturated carbocycles. The van der Waals surface area contributed by atoms with Crippen LogP contribution >= 0.6 is 0 Å². The van der Waals surface area contributed by atoms with E-state index in [2.05, 4.69) is 31.6 Å². The first kappa shape index (κ1) is 49.9. The average molecular weight is 747 g/mol. The zero-order valence-corrected chi connectivity index (χ0v) is 31.6. The van der Waals surface area contributed by atoms with Gasteiger partial charge in [0.1, 0.15) is 29.8 Å². The van der Waals surface area contributed by atoms with Crippen molar-refractivity contribution >= 4 is 41.7 Å². The molecule has 0 aromatic heterocycles. The number of aliphatic hydroxyl groups is 2. The maximum absolute atomic E-state index is 13.8. The van der Waals surface area contributed by atoms with Gasteiger partial charge >= 0.3 is 12.1 Å². The van der Waals surface area contributed by atoms with Crippen molar-refractivity contribution < 1.29 is 48.8 Å². The zero-order chi connectivity index (χ0) is 39.8. The number of carbonyl (C=O) groups is 6. The van der Waals surface area contributed by atoms with Gasteiger partial charge in [0, 0.05) is 6.54 Å². The molecule has 302 valence electrons. The van der Waals surface area contributed by atoms with Crippen molar-refractivity contribution in [1.82, 2.24) is 26.6 Å². The molecule has 0 radical (unpaired) electrons. The summed E-state index contributed by atoms with van der Waals surface area (Å²) < 4.78 is 5.26. The minimum Gasteiger partial charge on any atom is -0.480 e. The van der Waals surface area contributed by atoms with E-state index in [1.54, 1.807) is 62.3 Å². The number of carboxylic acids is 1. The van der Waals surface area contributed by atoms with Crippen molar-refractivity contribution in [2.24, 2.45) is 34.2 Å². The van der Waals surface area contributed by atoms with Crippen LogP contribution in [-0.4, -0.2) is 112 Å². The number of aliphatic carboxylic acids is 1. The van der Waals surface area contributed by atoms with Gasteiger partial charge in [-0.3, -0.25) is 24.2 Å². The molecule has 0 aromatic carbocycles. The first-order valence-electron chi connectivity index (χ1n) is 17.3. The summed E-state index contributed by atoms with van der Waals surface area (Å²) >= 11 is 0. The number of carboxylic acid groups (broad SMARTS) is 1. The standard InChI is InChI=1S/C33H62N8O10.CH4/c1-11-18(6)22(28(46)40-23(19(7)42)30(48)49)39-26(44)20(13-12-14-36-31(34)35)37-27(45)21(15-16(2)3)38-29(47)24(25(43)17(4)5)41-32(50)51-33(8,9)10;/h16-25,42-43H,11-15H2,1-10H3,(H,37,45)(H,38,47)(H,39,44)(H,40,46)(H,41,50)(H,48,49)(H4,34,35,36);1H4/t18-,19-,20+,21-,22-,23-,24-,25+;/m0./s1. The summed E-state index contributed by atoms with van der Waals surface area (Å²) in [7, 11) is 0. The van der Waals surface area contributed by atoms with E-state index < -0.39 is 95.5 Å². The van der Waals surface area contributed by atoms with Crippen molar-refractivity contribution in [3.05, 3.63) is 0 Å². The van der Waals surface area contributed by atoms with Crippen LogP contribution in [0.4, 0.5) is 4.79 Å². The van der Waals surface area contributed by atoms with Crippen LogP contribution in [0.2, 0.25) is 0 Å². The second-order valence-electron chi connectivity index (χ2n) is 14.5. The van der Waals surface area contributed by atoms with E-state index in [4.69, 9.17) is 16.2 Å². The molecule has 5 amide bonds. The highest BCUT2D eigenvalue weighted by atomic mass is 16.6. The van der Waals surface area contributed by atoms with Gasteiger partial charge in [0.05, 0.1) is 12.2 Å². The predicted molar refractivity (Wildman–Crippen MR) is 197 cm³/mol. The number of hydrogen-bond acceptors (Lipinski definition) is 10. The number of amides is 5. The second kappa shape index (κ2) is 23.4. The Morgan fingerprint density at radius 3 is 1.69 bits per heavy atom. The first-order valence-corrected chi connectivity index (χ1v) is 17.3. The molecule has 0 fully saturated rings. The first-order chi connectivity index (χ1) is 23.4. The highest BCUT2D eigenvalue weighted by Gasteiger charge is 2.37. The molecule has 12 N–H and O–H groups in total. The Morgan fingerprint density at radius 2 is 1.25 bits per heavy atom. The number of carbonyl (C=O) groups excluding carboxylic acids is 5. The van der Waals surface area contributed by atoms with Gasteiger partial charge in [-0.25, -0.2) is 9.59 Å². The molecule has 52 heavy (non-hydrogen) atoms. The van der Waals surface area contributed by atoms with Crippen LogP contribution < -0.4 is 38.1 Å². The van der Waals surface area contributed by atoms with Crippen molar-refractivity contribution in [3.63, 3.8) is 0 Å². The minimum absolute atomic E-state index is 0. The van der Waals surface area contributed by atoms with E-state index in [9.17, 15) is 44.1 Å². The van der Waals surface area contributed by atoms with Gasteiger partial charge in [-0.2, -0.15) is 0 Å². The van der Waals surface area contributed by atoms with Gasteiger partial charge in [0.25, 0.3) is 0 Å². The topological polar surface area (TPSA) is 297 Å². The Balaban J connectivity index is 0. The third-order valence-electron chi connectivity index (χ3n) is 7.74. The molecule has 0 heterocycles. The summed E-state index contributed by atoms with van der Waals surface area (Å²) in [6, 6.07) is -6.89. The van der Waals surface area contributed by atoms with E-state index in [-0.39, 0.29) is 45.1 Å². The molecule has 8 atom stereocenters. The summed E-state index contributed by atoms with van der Waals surface area (Å²) in [5.41, 5.74) is 9.94. The van der Waals surface area contributed by atoms with Crippen molar-refractivity contribution in [3.8, 4) is 0 Å². The summed E-state index contributed by atoms with van der Waals surface area (Å²) in [5.74, 6) is -6.04. The number of hydrogen-bond donors (Lipinski definition) is 10. The maximum Gasteiger partial charge on any atom is 0.408 e. The lowest BCUT2D eigenvalue weighted by molar-refractivity contribution is -0.145. The van der Waals surface area contributed by atoms with Crippen LogP contribution in [-0.2, 0) is 28.7 Å². The third kappa shape index (κ3) is 18.9. The number of guanidine groups is 1. The predicted octanol–water partition coefficient (Wildman–Crippen LogP) is 0.0831. The molecule has 0 aliphatic carbocycles. The molecule has 0 aromatic rings. The highest BCUT2D eigenvalue weighted by Crippen LogP contribution is 2.14. The van der Waals surface area contributed by atoms with Crippen LogP contribution in [0.5, 0.6) is 0 Å². The van der Waals surface area contributed by atoms with E-state index in [1.807, 2.05) is 0 Å². The Hall–Kier alpha value is -4.19. The van der Waals surface area contributed by atoms with Crippen LogP contribution in [0.3, 0.4) is 0 Å². The van der Waals surface area contributed by atoms with Gasteiger partial charge in [-0.15, -0.1) is 0 Å². The number of nitrogens with two attached hydrogens (primary N) is 2. The van der Waals surface area contributed by atoms with Crippen molar-refractivity contribution in [1.29, 1.82) is 0 Å². The average Bonchev–Trinajstić information content (AvgIpc) is 2.99. The van der Waals surface area contributed by atoms with E-state index in [1.165, 1.54) is 6.92 Å². The lowest BCUT2D eigenvalue weighted by Crippen LogP contribution is -2.61. The Kier molecular flexibility index (Phi) is 22.5. The summed E-state index contributed by atoms with van der Waals surface area (Å²) in [6.07, 6.45) is -3.04. The fourth-order valence-electron chi connectivity index (χ4n) is 4.72. The molecule has 0 aliphatic heterocycles. The molecule has 0 aliphatic rings. The van der Waals surface area contributed by atoms with Gasteiger partial charge in [0.15, 0.2) is 12.0 Å². The number of nitrogens with one attached hydrogen (secondary N) is 5. The molecule has 18 heteroatoms. The number of aliphatic imine (C=N–C) groups is 1. The third-order valence-corrected chi connectivity index (χ3v) is 7.74. The monoisotopic (exact) mass is 746 g/mol. The quantitative estimate of drug-likeness (QED) is 0.0425. The molecule has 0 spiro atoms. The van der Waals surface area contributed by atoms with Gasteiger partial charge < -0.3 is 58.1 Å². The lowest BCUT2D eigenvalue weighted by Gasteiger charge is -2.31. The van der Waals surface area contributed by atoms with Crippen molar-refractivity contribution in [2.45, 2.75) is 150 Å². The van der Waals surface area contributed by atoms with E-state index in [0.717, 1.165) is 0 Å². The minimum atomic E-state index is -1.64. The molecule has 0 rings (SSSR count). The second-order valence-corrected chi connectivity index (χ2v) is 14.5. The molecular formula is C34H66N8O10. The van der Waals surface area contributed by atoms with Crippen LogP contribution in [0.1, 0.15) is 102 Å². The highest BCUT2D eigenvalue weighted by molar-refractivity contribution is 5.96. The molecule has 0 saturated heterocycles. The maximum atomic E-state index is 13.8. The van der Waals surface area contributed by atoms with E-state index in [0.29, 0.717) is 6.42 Å². The number of ether oxygens (including phenoxy) is 1. The van der Waals surface area contributed by atoms with Crippen LogP contribution in [0, 0.1) is 17.8 Å². The molecule has 0 unspecified atom stereocenters. The summed E-state index contributed by atoms with van der Waals surface area (Å²) in [6.45, 7) is 16.5. The molecule has 18 nitrogen and oxygen atoms in total. The molecular weight excluding hydrogens is 680 g/mol. The normalized spacial score (nSPS) is 16.0. The SMILES string of the molecule is C.CC[C@H](C)[C@H](NC(=O)[C@@H](CCCN=C(N)N)NC(=O)[C@H](CC(C)C)NC(=O)[C@@H](NC(=O)OC(C)(C)C)[C@H](O)C(C)C)C(=O)N[C@H](C(=O)O)[C@H](C)O. The van der Waals surface area contributed by atoms with Crippen LogP contribution in [0.25, 0.3) is 0 Å². The smallest absolute Gasteiger partial charge is 0.408 e. The van der Waals surface area contributed by atoms with E-state index >= 15 is 0 Å². The zero-order valence-electron chi connectivity index (χ0n) is 31.6. The lowest BCUT2D eigenvalue weighted by atomic mass is 9.96. The number of alkyl carbamates (subject to hydrolysis) is 1. The van der Waals surface area contributed by atoms with Crippen molar-refractivity contribution in [2.75, 3.05) is 6.54 Å².